The molecule has 4 N–H and O–H groups in total. The third-order valence-corrected chi connectivity index (χ3v) is 6.87. The van der Waals surface area contributed by atoms with Gasteiger partial charge in [-0.3, -0.25) is 4.79 Å². The summed E-state index contributed by atoms with van der Waals surface area (Å²) in [6.45, 7) is 5.32. The van der Waals surface area contributed by atoms with Crippen molar-refractivity contribution in [3.8, 4) is 11.1 Å². The van der Waals surface area contributed by atoms with Crippen molar-refractivity contribution in [2.24, 2.45) is 11.7 Å². The minimum Gasteiger partial charge on any atom is -0.478 e. The Hall–Kier alpha value is -3.46. The first kappa shape index (κ1) is 24.7. The van der Waals surface area contributed by atoms with Gasteiger partial charge in [0.15, 0.2) is 0 Å². The van der Waals surface area contributed by atoms with Gasteiger partial charge in [0.2, 0.25) is 11.0 Å². The number of nitrogens with zero attached hydrogens (tertiary/aromatic N) is 3. The number of benzene rings is 2. The topological polar surface area (TPSA) is 121 Å². The lowest BCUT2D eigenvalue weighted by Crippen LogP contribution is -2.39. The minimum atomic E-state index is -0.974. The van der Waals surface area contributed by atoms with Crippen molar-refractivity contribution >= 4 is 39.9 Å². The molecule has 0 atom stereocenters. The second-order valence-electron chi connectivity index (χ2n) is 9.33. The van der Waals surface area contributed by atoms with E-state index in [1.807, 2.05) is 24.3 Å². The number of nitrogens with two attached hydrogens (primary N) is 1. The van der Waals surface area contributed by atoms with Gasteiger partial charge in [-0.1, -0.05) is 57.4 Å². The van der Waals surface area contributed by atoms with Crippen LogP contribution in [-0.4, -0.2) is 38.9 Å². The average Bonchev–Trinajstić information content (AvgIpc) is 3.32. The molecule has 0 unspecified atom stereocenters. The van der Waals surface area contributed by atoms with Crippen molar-refractivity contribution in [3.63, 3.8) is 0 Å². The molecule has 9 heteroatoms. The van der Waals surface area contributed by atoms with Gasteiger partial charge in [-0.15, -0.1) is 0 Å². The second-order valence-corrected chi connectivity index (χ2v) is 10.1. The molecule has 0 bridgehead atoms. The summed E-state index contributed by atoms with van der Waals surface area (Å²) in [5.74, 6) is -1.22. The van der Waals surface area contributed by atoms with Crippen LogP contribution in [0.2, 0.25) is 0 Å². The second kappa shape index (κ2) is 10.9. The van der Waals surface area contributed by atoms with E-state index in [1.54, 1.807) is 12.1 Å². The molecule has 0 radical (unpaired) electrons. The van der Waals surface area contributed by atoms with Gasteiger partial charge in [0, 0.05) is 24.1 Å². The molecular weight excluding hydrogens is 462 g/mol. The van der Waals surface area contributed by atoms with Gasteiger partial charge < -0.3 is 21.1 Å². The summed E-state index contributed by atoms with van der Waals surface area (Å²) in [4.78, 5) is 30.1. The van der Waals surface area contributed by atoms with Gasteiger partial charge in [-0.05, 0) is 48.1 Å². The Morgan fingerprint density at radius 2 is 1.91 bits per heavy atom. The van der Waals surface area contributed by atoms with Crippen LogP contribution in [0.25, 0.3) is 11.1 Å². The number of carboxylic acid groups (broad SMARTS) is 1. The zero-order valence-corrected chi connectivity index (χ0v) is 20.8. The van der Waals surface area contributed by atoms with E-state index >= 15 is 0 Å². The number of nitrogens with one attached hydrogen (secondary N) is 1. The average molecular weight is 494 g/mol. The predicted octanol–water partition coefficient (Wildman–Crippen LogP) is 5.54. The van der Waals surface area contributed by atoms with Gasteiger partial charge in [0.1, 0.15) is 0 Å². The molecule has 0 spiro atoms. The zero-order chi connectivity index (χ0) is 24.9. The van der Waals surface area contributed by atoms with Crippen LogP contribution in [0.5, 0.6) is 0 Å². The molecule has 1 aromatic heterocycles. The number of aromatic nitrogens is 2. The number of anilines is 3. The molecular formula is C26H31N5O3S. The summed E-state index contributed by atoms with van der Waals surface area (Å²) in [6, 6.07) is 13.4. The highest BCUT2D eigenvalue weighted by Gasteiger charge is 2.25. The first-order valence-electron chi connectivity index (χ1n) is 12.0. The highest BCUT2D eigenvalue weighted by Crippen LogP contribution is 2.38. The molecule has 1 aliphatic rings. The normalized spacial score (nSPS) is 14.1. The maximum absolute atomic E-state index is 11.9. The maximum Gasteiger partial charge on any atom is 0.336 e. The molecule has 4 rings (SSSR count). The Morgan fingerprint density at radius 1 is 1.17 bits per heavy atom. The van der Waals surface area contributed by atoms with Crippen LogP contribution >= 0.6 is 11.5 Å². The number of rotatable bonds is 9. The summed E-state index contributed by atoms with van der Waals surface area (Å²) in [5, 5.41) is 13.5. The van der Waals surface area contributed by atoms with Gasteiger partial charge in [0.05, 0.1) is 16.9 Å². The summed E-state index contributed by atoms with van der Waals surface area (Å²) < 4.78 is 4.04. The fraction of sp³-hybridized carbons (Fsp3) is 0.385. The van der Waals surface area contributed by atoms with Crippen LogP contribution in [-0.2, 0) is 0 Å². The van der Waals surface area contributed by atoms with Crippen LogP contribution in [0.3, 0.4) is 0 Å². The fourth-order valence-corrected chi connectivity index (χ4v) is 5.28. The van der Waals surface area contributed by atoms with Crippen LogP contribution in [0.4, 0.5) is 16.5 Å². The van der Waals surface area contributed by atoms with Gasteiger partial charge in [0.25, 0.3) is 5.91 Å². The lowest BCUT2D eigenvalue weighted by Gasteiger charge is -2.38. The molecule has 1 heterocycles. The first-order chi connectivity index (χ1) is 16.8. The van der Waals surface area contributed by atoms with Gasteiger partial charge >= 0.3 is 5.97 Å². The van der Waals surface area contributed by atoms with Crippen molar-refractivity contribution in [3.05, 3.63) is 53.9 Å². The number of carbonyl (C=O) groups is 2. The van der Waals surface area contributed by atoms with E-state index in [0.29, 0.717) is 22.7 Å². The van der Waals surface area contributed by atoms with E-state index in [-0.39, 0.29) is 11.4 Å². The molecule has 3 aromatic rings. The van der Waals surface area contributed by atoms with Crippen molar-refractivity contribution in [2.75, 3.05) is 16.8 Å². The fourth-order valence-electron chi connectivity index (χ4n) is 4.70. The predicted molar refractivity (Wildman–Crippen MR) is 140 cm³/mol. The monoisotopic (exact) mass is 493 g/mol. The highest BCUT2D eigenvalue weighted by molar-refractivity contribution is 7.09. The Kier molecular flexibility index (Phi) is 7.65. The Balaban J connectivity index is 1.81. The molecule has 184 valence electrons. The number of primary amides is 1. The van der Waals surface area contributed by atoms with Crippen molar-refractivity contribution in [2.45, 2.75) is 52.0 Å². The van der Waals surface area contributed by atoms with E-state index in [2.05, 4.69) is 39.5 Å². The lowest BCUT2D eigenvalue weighted by atomic mass is 9.92. The number of amides is 1. The Morgan fingerprint density at radius 3 is 2.57 bits per heavy atom. The molecule has 35 heavy (non-hydrogen) atoms. The zero-order valence-electron chi connectivity index (χ0n) is 20.0. The molecule has 2 aromatic carbocycles. The summed E-state index contributed by atoms with van der Waals surface area (Å²) >= 11 is 1.07. The highest BCUT2D eigenvalue weighted by atomic mass is 32.1. The quantitative estimate of drug-likeness (QED) is 0.358. The van der Waals surface area contributed by atoms with Crippen LogP contribution in [0, 0.1) is 5.92 Å². The number of hydrogen-bond donors (Lipinski definition) is 3. The molecule has 1 amide bonds. The molecule has 1 aliphatic carbocycles. The summed E-state index contributed by atoms with van der Waals surface area (Å²) in [7, 11) is 0. The number of carboxylic acids is 1. The van der Waals surface area contributed by atoms with Crippen LogP contribution in [0.15, 0.2) is 42.5 Å². The summed E-state index contributed by atoms with van der Waals surface area (Å²) in [5.41, 5.74) is 8.82. The smallest absolute Gasteiger partial charge is 0.336 e. The van der Waals surface area contributed by atoms with E-state index in [0.717, 1.165) is 47.9 Å². The van der Waals surface area contributed by atoms with E-state index in [9.17, 15) is 14.7 Å². The Bertz CT molecular complexity index is 1200. The number of carbonyl (C=O) groups excluding carboxylic acids is 1. The van der Waals surface area contributed by atoms with Crippen LogP contribution < -0.4 is 16.0 Å². The van der Waals surface area contributed by atoms with Gasteiger partial charge in [-0.2, -0.15) is 9.36 Å². The molecule has 0 aliphatic heterocycles. The van der Waals surface area contributed by atoms with E-state index < -0.39 is 11.9 Å². The first-order valence-corrected chi connectivity index (χ1v) is 12.7. The number of hydrogen-bond acceptors (Lipinski definition) is 7. The maximum atomic E-state index is 11.9. The van der Waals surface area contributed by atoms with Crippen molar-refractivity contribution < 1.29 is 14.7 Å². The Labute approximate surface area is 209 Å². The summed E-state index contributed by atoms with van der Waals surface area (Å²) in [6.07, 6.45) is 5.97. The minimum absolute atomic E-state index is 0.0299. The van der Waals surface area contributed by atoms with Crippen LogP contribution in [0.1, 0.15) is 66.9 Å². The van der Waals surface area contributed by atoms with Crippen molar-refractivity contribution in [1.29, 1.82) is 0 Å². The lowest BCUT2D eigenvalue weighted by molar-refractivity contribution is 0.0697. The molecule has 1 saturated carbocycles. The third kappa shape index (κ3) is 5.79. The van der Waals surface area contributed by atoms with E-state index in [4.69, 9.17) is 5.73 Å². The standard InChI is InChI=1S/C26H31N5O3S/c1-16(2)15-31(18-8-4-3-5-9-18)22-13-12-17(19-10-6-7-11-20(19)25(33)34)14-21(22)28-26-29-24(23(27)32)30-35-26/h6-7,10-14,16,18H,3-5,8-9,15H2,1-2H3,(H2,27,32)(H,33,34)(H,28,29,30). The third-order valence-electron chi connectivity index (χ3n) is 6.24. The van der Waals surface area contributed by atoms with Crippen molar-refractivity contribution in [1.82, 2.24) is 9.36 Å². The van der Waals surface area contributed by atoms with Gasteiger partial charge in [-0.25, -0.2) is 4.79 Å². The molecule has 8 nitrogen and oxygen atoms in total. The molecule has 1 fully saturated rings. The largest absolute Gasteiger partial charge is 0.478 e. The number of aromatic carboxylic acids is 1. The molecule has 0 saturated heterocycles. The van der Waals surface area contributed by atoms with E-state index in [1.165, 1.54) is 19.3 Å². The SMILES string of the molecule is CC(C)CN(c1ccc(-c2ccccc2C(=O)O)cc1Nc1nc(C(N)=O)ns1)C1CCCCC1.